The van der Waals surface area contributed by atoms with E-state index >= 15 is 0 Å². The van der Waals surface area contributed by atoms with Crippen LogP contribution in [0.3, 0.4) is 0 Å². The zero-order valence-electron chi connectivity index (χ0n) is 10.2. The average Bonchev–Trinajstić information content (AvgIpc) is 2.89. The number of esters is 1. The summed E-state index contributed by atoms with van der Waals surface area (Å²) in [7, 11) is 0. The van der Waals surface area contributed by atoms with Gasteiger partial charge in [0.1, 0.15) is 6.10 Å². The van der Waals surface area contributed by atoms with Crippen molar-refractivity contribution in [3.05, 3.63) is 46.0 Å². The maximum Gasteiger partial charge on any atom is 0.331 e. The number of nitrogens with zero attached hydrogens (tertiary/aromatic N) is 1. The van der Waals surface area contributed by atoms with Crippen molar-refractivity contribution in [1.29, 1.82) is 0 Å². The van der Waals surface area contributed by atoms with Crippen LogP contribution in [-0.4, -0.2) is 30.2 Å². The Morgan fingerprint density at radius 1 is 1.53 bits per heavy atom. The van der Waals surface area contributed by atoms with Crippen molar-refractivity contribution in [2.75, 3.05) is 13.2 Å². The van der Waals surface area contributed by atoms with Gasteiger partial charge in [-0.3, -0.25) is 10.1 Å². The number of ether oxygens (including phenoxy) is 2. The largest absolute Gasteiger partial charge is 0.457 e. The molecule has 1 atom stereocenters. The lowest BCUT2D eigenvalue weighted by molar-refractivity contribution is -0.384. The van der Waals surface area contributed by atoms with E-state index in [0.29, 0.717) is 25.2 Å². The molecule has 0 amide bonds. The quantitative estimate of drug-likeness (QED) is 0.359. The first-order valence-electron chi connectivity index (χ1n) is 5.86. The van der Waals surface area contributed by atoms with Crippen molar-refractivity contribution in [2.45, 2.75) is 12.5 Å². The van der Waals surface area contributed by atoms with Gasteiger partial charge in [-0.05, 0) is 11.6 Å². The Balaban J connectivity index is 1.95. The molecule has 2 rings (SSSR count). The van der Waals surface area contributed by atoms with Gasteiger partial charge >= 0.3 is 5.97 Å². The maximum absolute atomic E-state index is 11.5. The summed E-state index contributed by atoms with van der Waals surface area (Å²) in [4.78, 5) is 21.6. The number of rotatable bonds is 4. The minimum absolute atomic E-state index is 0.0142. The molecule has 1 aliphatic rings. The molecule has 0 aliphatic carbocycles. The summed E-state index contributed by atoms with van der Waals surface area (Å²) >= 11 is 0. The molecule has 1 aromatic rings. The highest BCUT2D eigenvalue weighted by Gasteiger charge is 2.18. The summed E-state index contributed by atoms with van der Waals surface area (Å²) in [6, 6.07) is 6.03. The summed E-state index contributed by atoms with van der Waals surface area (Å²) in [6.07, 6.45) is 3.26. The van der Waals surface area contributed by atoms with E-state index in [-0.39, 0.29) is 11.8 Å². The highest BCUT2D eigenvalue weighted by Crippen LogP contribution is 2.14. The minimum atomic E-state index is -0.481. The lowest BCUT2D eigenvalue weighted by Crippen LogP contribution is -2.16. The molecular formula is C13H13NO5. The molecule has 0 spiro atoms. The average molecular weight is 263 g/mol. The topological polar surface area (TPSA) is 78.7 Å². The third kappa shape index (κ3) is 3.89. The number of carbonyl (C=O) groups is 1. The van der Waals surface area contributed by atoms with E-state index < -0.39 is 10.9 Å². The SMILES string of the molecule is O=C(C=Cc1cccc([N+](=O)[O-])c1)OC1CCOC1. The number of hydrogen-bond acceptors (Lipinski definition) is 5. The van der Waals surface area contributed by atoms with Gasteiger partial charge in [-0.25, -0.2) is 4.79 Å². The van der Waals surface area contributed by atoms with E-state index in [1.165, 1.54) is 24.3 Å². The van der Waals surface area contributed by atoms with Crippen molar-refractivity contribution in [1.82, 2.24) is 0 Å². The molecule has 0 saturated carbocycles. The van der Waals surface area contributed by atoms with E-state index in [4.69, 9.17) is 9.47 Å². The lowest BCUT2D eigenvalue weighted by Gasteiger charge is -2.06. The van der Waals surface area contributed by atoms with Gasteiger partial charge in [-0.15, -0.1) is 0 Å². The standard InChI is InChI=1S/C13H13NO5/c15-13(19-12-6-7-18-9-12)5-4-10-2-1-3-11(8-10)14(16)17/h1-5,8,12H,6-7,9H2. The van der Waals surface area contributed by atoms with E-state index in [1.807, 2.05) is 0 Å². The van der Waals surface area contributed by atoms with Crippen LogP contribution in [0.2, 0.25) is 0 Å². The monoisotopic (exact) mass is 263 g/mol. The van der Waals surface area contributed by atoms with Crippen molar-refractivity contribution < 1.29 is 19.2 Å². The van der Waals surface area contributed by atoms with Crippen LogP contribution in [-0.2, 0) is 14.3 Å². The van der Waals surface area contributed by atoms with Crippen molar-refractivity contribution in [3.63, 3.8) is 0 Å². The number of hydrogen-bond donors (Lipinski definition) is 0. The molecule has 1 unspecified atom stereocenters. The van der Waals surface area contributed by atoms with Crippen LogP contribution in [0.15, 0.2) is 30.3 Å². The molecule has 0 bridgehead atoms. The molecule has 1 heterocycles. The van der Waals surface area contributed by atoms with E-state index in [1.54, 1.807) is 12.1 Å². The third-order valence-corrected chi connectivity index (χ3v) is 2.66. The molecule has 0 N–H and O–H groups in total. The zero-order valence-corrected chi connectivity index (χ0v) is 10.2. The second kappa shape index (κ2) is 6.10. The van der Waals surface area contributed by atoms with Crippen LogP contribution in [0.25, 0.3) is 6.08 Å². The summed E-state index contributed by atoms with van der Waals surface area (Å²) in [5.74, 6) is -0.470. The molecular weight excluding hydrogens is 250 g/mol. The van der Waals surface area contributed by atoms with Crippen molar-refractivity contribution >= 4 is 17.7 Å². The van der Waals surface area contributed by atoms with Crippen LogP contribution in [0.4, 0.5) is 5.69 Å². The van der Waals surface area contributed by atoms with Gasteiger partial charge in [0.15, 0.2) is 0 Å². The number of nitro benzene ring substituents is 1. The molecule has 100 valence electrons. The number of nitro groups is 1. The van der Waals surface area contributed by atoms with E-state index in [2.05, 4.69) is 0 Å². The Labute approximate surface area is 109 Å². The molecule has 6 heteroatoms. The van der Waals surface area contributed by atoms with Gasteiger partial charge in [0.2, 0.25) is 0 Å². The van der Waals surface area contributed by atoms with Gasteiger partial charge in [-0.1, -0.05) is 12.1 Å². The molecule has 19 heavy (non-hydrogen) atoms. The third-order valence-electron chi connectivity index (χ3n) is 2.66. The second-order valence-corrected chi connectivity index (χ2v) is 4.11. The summed E-state index contributed by atoms with van der Waals surface area (Å²) in [5, 5.41) is 10.6. The molecule has 0 aromatic heterocycles. The number of non-ortho nitro benzene ring substituents is 1. The van der Waals surface area contributed by atoms with Gasteiger partial charge in [0, 0.05) is 24.6 Å². The van der Waals surface area contributed by atoms with E-state index in [0.717, 1.165) is 0 Å². The number of benzene rings is 1. The normalized spacial score (nSPS) is 18.6. The molecule has 0 radical (unpaired) electrons. The first-order chi connectivity index (χ1) is 9.15. The summed E-state index contributed by atoms with van der Waals surface area (Å²) in [5.41, 5.74) is 0.563. The fourth-order valence-electron chi connectivity index (χ4n) is 1.72. The van der Waals surface area contributed by atoms with Crippen LogP contribution in [0.5, 0.6) is 0 Å². The predicted molar refractivity (Wildman–Crippen MR) is 67.4 cm³/mol. The van der Waals surface area contributed by atoms with Gasteiger partial charge in [0.25, 0.3) is 5.69 Å². The van der Waals surface area contributed by atoms with Crippen LogP contribution in [0.1, 0.15) is 12.0 Å². The fourth-order valence-corrected chi connectivity index (χ4v) is 1.72. The van der Waals surface area contributed by atoms with Crippen LogP contribution in [0, 0.1) is 10.1 Å². The second-order valence-electron chi connectivity index (χ2n) is 4.11. The molecule has 1 aliphatic heterocycles. The summed E-state index contributed by atoms with van der Waals surface area (Å²) < 4.78 is 10.2. The molecule has 1 saturated heterocycles. The molecule has 6 nitrogen and oxygen atoms in total. The van der Waals surface area contributed by atoms with E-state index in [9.17, 15) is 14.9 Å². The van der Waals surface area contributed by atoms with Gasteiger partial charge < -0.3 is 9.47 Å². The summed E-state index contributed by atoms with van der Waals surface area (Å²) in [6.45, 7) is 1.03. The smallest absolute Gasteiger partial charge is 0.331 e. The first-order valence-corrected chi connectivity index (χ1v) is 5.86. The van der Waals surface area contributed by atoms with Crippen molar-refractivity contribution in [3.8, 4) is 0 Å². The highest BCUT2D eigenvalue weighted by molar-refractivity contribution is 5.87. The van der Waals surface area contributed by atoms with Crippen molar-refractivity contribution in [2.24, 2.45) is 0 Å². The van der Waals surface area contributed by atoms with Gasteiger partial charge in [0.05, 0.1) is 18.1 Å². The maximum atomic E-state index is 11.5. The molecule has 1 aromatic carbocycles. The molecule has 1 fully saturated rings. The Morgan fingerprint density at radius 3 is 3.05 bits per heavy atom. The Hall–Kier alpha value is -2.21. The first kappa shape index (κ1) is 13.2. The Morgan fingerprint density at radius 2 is 2.37 bits per heavy atom. The lowest BCUT2D eigenvalue weighted by atomic mass is 10.2. The fraction of sp³-hybridized carbons (Fsp3) is 0.308. The highest BCUT2D eigenvalue weighted by atomic mass is 16.6. The van der Waals surface area contributed by atoms with Gasteiger partial charge in [-0.2, -0.15) is 0 Å². The Kier molecular flexibility index (Phi) is 4.25. The van der Waals surface area contributed by atoms with Crippen LogP contribution >= 0.6 is 0 Å². The number of carbonyl (C=O) groups excluding carboxylic acids is 1. The van der Waals surface area contributed by atoms with Crippen LogP contribution < -0.4 is 0 Å². The predicted octanol–water partition coefficient (Wildman–Crippen LogP) is 1.94. The zero-order chi connectivity index (χ0) is 13.7. The minimum Gasteiger partial charge on any atom is -0.457 e. The Bertz CT molecular complexity index is 506.